The molecule has 3 fully saturated rings. The Morgan fingerprint density at radius 2 is 1.88 bits per heavy atom. The molecule has 1 N–H and O–H groups in total. The van der Waals surface area contributed by atoms with Crippen LogP contribution in [-0.4, -0.2) is 52.5 Å². The molecular formula is C24H28F2O6. The van der Waals surface area contributed by atoms with Gasteiger partial charge in [0.25, 0.3) is 0 Å². The molecule has 6 nitrogen and oxygen atoms in total. The number of allylic oxidation sites excluding steroid dienone is 4. The monoisotopic (exact) mass is 450 g/mol. The maximum Gasteiger partial charge on any atom is 0.303 e. The van der Waals surface area contributed by atoms with Crippen LogP contribution in [0.4, 0.5) is 8.78 Å². The molecule has 0 saturated heterocycles. The Kier molecular flexibility index (Phi) is 4.94. The summed E-state index contributed by atoms with van der Waals surface area (Å²) in [6.07, 6.45) is 1.40. The van der Waals surface area contributed by atoms with Crippen LogP contribution in [0.25, 0.3) is 0 Å². The molecule has 0 aliphatic heterocycles. The topological polar surface area (TPSA) is 97.7 Å². The molecule has 4 aliphatic rings. The summed E-state index contributed by atoms with van der Waals surface area (Å²) in [6, 6.07) is 0. The highest BCUT2D eigenvalue weighted by Gasteiger charge is 2.76. The lowest BCUT2D eigenvalue weighted by molar-refractivity contribution is -0.190. The van der Waals surface area contributed by atoms with Crippen LogP contribution in [0.3, 0.4) is 0 Å². The standard InChI is InChI=1S/C24H28F2O6/c1-12-7-15-16-9-18(25)17-8-14(28)5-6-21(17,3)23(16,26)19(29)10-22(15,4)24(12,31)20(30)11-32-13(2)27/h5-6,8,12,15-16,18,31H,7,9-11H2,1-4H3. The number of halogens is 2. The zero-order chi connectivity index (χ0) is 23.9. The summed E-state index contributed by atoms with van der Waals surface area (Å²) in [4.78, 5) is 49.5. The molecule has 0 aromatic rings. The summed E-state index contributed by atoms with van der Waals surface area (Å²) in [5.41, 5.74) is -7.48. The van der Waals surface area contributed by atoms with E-state index in [1.165, 1.54) is 13.0 Å². The summed E-state index contributed by atoms with van der Waals surface area (Å²) in [7, 11) is 0. The number of hydrogen-bond acceptors (Lipinski definition) is 6. The maximum absolute atomic E-state index is 16.9. The minimum atomic E-state index is -2.47. The number of rotatable bonds is 3. The zero-order valence-corrected chi connectivity index (χ0v) is 18.6. The van der Waals surface area contributed by atoms with Gasteiger partial charge in [-0.1, -0.05) is 19.9 Å². The van der Waals surface area contributed by atoms with Crippen molar-refractivity contribution in [2.45, 2.75) is 64.4 Å². The lowest BCUT2D eigenvalue weighted by Gasteiger charge is -2.60. The highest BCUT2D eigenvalue weighted by atomic mass is 19.1. The highest BCUT2D eigenvalue weighted by Crippen LogP contribution is 2.69. The Labute approximate surface area is 185 Å². The second kappa shape index (κ2) is 6.89. The van der Waals surface area contributed by atoms with Gasteiger partial charge >= 0.3 is 5.97 Å². The van der Waals surface area contributed by atoms with Crippen molar-refractivity contribution in [3.05, 3.63) is 23.8 Å². The van der Waals surface area contributed by atoms with Crippen LogP contribution < -0.4 is 0 Å². The van der Waals surface area contributed by atoms with Crippen molar-refractivity contribution in [2.75, 3.05) is 6.61 Å². The fourth-order valence-corrected chi connectivity index (χ4v) is 7.14. The number of hydrogen-bond donors (Lipinski definition) is 1. The maximum atomic E-state index is 16.9. The normalized spacial score (nSPS) is 47.3. The van der Waals surface area contributed by atoms with Crippen molar-refractivity contribution in [1.82, 2.24) is 0 Å². The zero-order valence-electron chi connectivity index (χ0n) is 18.6. The molecule has 0 amide bonds. The van der Waals surface area contributed by atoms with E-state index in [1.807, 2.05) is 0 Å². The van der Waals surface area contributed by atoms with E-state index in [-0.39, 0.29) is 18.4 Å². The SMILES string of the molecule is CC(=O)OCC(=O)C1(O)C(C)CC2C3CC(F)C4=CC(=O)C=CC4(C)C3(F)C(=O)CC21C. The molecule has 0 aromatic heterocycles. The van der Waals surface area contributed by atoms with Crippen LogP contribution in [0.2, 0.25) is 0 Å². The average Bonchev–Trinajstić information content (AvgIpc) is 2.91. The lowest BCUT2D eigenvalue weighted by atomic mass is 9.45. The number of ketones is 3. The molecule has 0 spiro atoms. The summed E-state index contributed by atoms with van der Waals surface area (Å²) >= 11 is 0. The summed E-state index contributed by atoms with van der Waals surface area (Å²) in [5, 5.41) is 11.6. The van der Waals surface area contributed by atoms with Gasteiger partial charge < -0.3 is 9.84 Å². The van der Waals surface area contributed by atoms with E-state index in [2.05, 4.69) is 0 Å². The molecule has 3 saturated carbocycles. The smallest absolute Gasteiger partial charge is 0.303 e. The summed E-state index contributed by atoms with van der Waals surface area (Å²) < 4.78 is 37.1. The Balaban J connectivity index is 1.80. The third-order valence-corrected chi connectivity index (χ3v) is 8.80. The van der Waals surface area contributed by atoms with Crippen molar-refractivity contribution in [3.8, 4) is 0 Å². The van der Waals surface area contributed by atoms with E-state index in [4.69, 9.17) is 4.74 Å². The van der Waals surface area contributed by atoms with Gasteiger partial charge in [0.15, 0.2) is 23.8 Å². The number of carbonyl (C=O) groups excluding carboxylic acids is 4. The van der Waals surface area contributed by atoms with Gasteiger partial charge in [0.1, 0.15) is 11.8 Å². The minimum Gasteiger partial charge on any atom is -0.458 e. The van der Waals surface area contributed by atoms with E-state index in [1.54, 1.807) is 13.8 Å². The van der Waals surface area contributed by atoms with Crippen LogP contribution in [-0.2, 0) is 23.9 Å². The first-order valence-electron chi connectivity index (χ1n) is 10.9. The van der Waals surface area contributed by atoms with Crippen molar-refractivity contribution in [1.29, 1.82) is 0 Å². The quantitative estimate of drug-likeness (QED) is 0.664. The molecule has 0 heterocycles. The van der Waals surface area contributed by atoms with Gasteiger partial charge in [0, 0.05) is 24.7 Å². The van der Waals surface area contributed by atoms with Crippen molar-refractivity contribution in [2.24, 2.45) is 28.6 Å². The van der Waals surface area contributed by atoms with Gasteiger partial charge in [-0.05, 0) is 49.3 Å². The number of carbonyl (C=O) groups is 4. The van der Waals surface area contributed by atoms with E-state index in [0.717, 1.165) is 19.1 Å². The summed E-state index contributed by atoms with van der Waals surface area (Å²) in [6.45, 7) is 5.14. The van der Waals surface area contributed by atoms with Gasteiger partial charge in [0.05, 0.1) is 5.41 Å². The molecule has 0 radical (unpaired) electrons. The molecule has 0 aromatic carbocycles. The molecule has 8 heteroatoms. The summed E-state index contributed by atoms with van der Waals surface area (Å²) in [5.74, 6) is -5.08. The second-order valence-corrected chi connectivity index (χ2v) is 10.3. The lowest BCUT2D eigenvalue weighted by Crippen LogP contribution is -2.69. The fourth-order valence-electron chi connectivity index (χ4n) is 7.14. The Hall–Kier alpha value is -2.22. The fraction of sp³-hybridized carbons (Fsp3) is 0.667. The van der Waals surface area contributed by atoms with Crippen LogP contribution in [0.5, 0.6) is 0 Å². The molecule has 32 heavy (non-hydrogen) atoms. The molecule has 174 valence electrons. The van der Waals surface area contributed by atoms with Crippen molar-refractivity contribution in [3.63, 3.8) is 0 Å². The van der Waals surface area contributed by atoms with E-state index < -0.39 is 82.4 Å². The van der Waals surface area contributed by atoms with Gasteiger partial charge in [-0.3, -0.25) is 19.2 Å². The van der Waals surface area contributed by atoms with Crippen LogP contribution in [0.15, 0.2) is 23.8 Å². The largest absolute Gasteiger partial charge is 0.458 e. The second-order valence-electron chi connectivity index (χ2n) is 10.3. The molecule has 8 atom stereocenters. The number of esters is 1. The van der Waals surface area contributed by atoms with Crippen LogP contribution in [0, 0.1) is 28.6 Å². The Morgan fingerprint density at radius 1 is 1.22 bits per heavy atom. The van der Waals surface area contributed by atoms with Gasteiger partial charge in [0.2, 0.25) is 5.78 Å². The Bertz CT molecular complexity index is 987. The number of aliphatic hydroxyl groups is 1. The van der Waals surface area contributed by atoms with Crippen LogP contribution in [0.1, 0.15) is 47.0 Å². The van der Waals surface area contributed by atoms with Gasteiger partial charge in [-0.25, -0.2) is 8.78 Å². The first kappa shape index (κ1) is 23.0. The Morgan fingerprint density at radius 3 is 2.50 bits per heavy atom. The van der Waals surface area contributed by atoms with E-state index in [9.17, 15) is 24.3 Å². The van der Waals surface area contributed by atoms with E-state index in [0.29, 0.717) is 0 Å². The molecular weight excluding hydrogens is 422 g/mol. The molecule has 0 bridgehead atoms. The highest BCUT2D eigenvalue weighted by molar-refractivity contribution is 6.03. The van der Waals surface area contributed by atoms with E-state index >= 15 is 8.78 Å². The number of alkyl halides is 2. The third kappa shape index (κ3) is 2.59. The predicted octanol–water partition coefficient (Wildman–Crippen LogP) is 2.62. The van der Waals surface area contributed by atoms with Crippen molar-refractivity contribution >= 4 is 23.3 Å². The number of fused-ring (bicyclic) bond motifs is 5. The van der Waals surface area contributed by atoms with Crippen LogP contribution >= 0.6 is 0 Å². The third-order valence-electron chi connectivity index (χ3n) is 8.80. The molecule has 4 aliphatic carbocycles. The minimum absolute atomic E-state index is 0.0343. The van der Waals surface area contributed by atoms with Gasteiger partial charge in [-0.2, -0.15) is 0 Å². The van der Waals surface area contributed by atoms with Gasteiger partial charge in [-0.15, -0.1) is 0 Å². The average molecular weight is 450 g/mol. The van der Waals surface area contributed by atoms with Crippen molar-refractivity contribution < 1.29 is 37.8 Å². The number of Topliss-reactive ketones (excluding diaryl/α,β-unsaturated/α-hetero) is 2. The molecule has 8 unspecified atom stereocenters. The first-order chi connectivity index (χ1) is 14.7. The molecule has 4 rings (SSSR count). The predicted molar refractivity (Wildman–Crippen MR) is 109 cm³/mol. The first-order valence-corrected chi connectivity index (χ1v) is 10.9. The number of ether oxygens (including phenoxy) is 1.